The number of sulfone groups is 1. The summed E-state index contributed by atoms with van der Waals surface area (Å²) in [6.45, 7) is 4.08. The molecule has 0 bridgehead atoms. The van der Waals surface area contributed by atoms with Crippen LogP contribution in [0.5, 0.6) is 0 Å². The lowest BCUT2D eigenvalue weighted by Crippen LogP contribution is -2.34. The van der Waals surface area contributed by atoms with Crippen molar-refractivity contribution in [2.75, 3.05) is 25.2 Å². The number of ether oxygens (including phenoxy) is 1. The van der Waals surface area contributed by atoms with Gasteiger partial charge in [0, 0.05) is 18.2 Å². The van der Waals surface area contributed by atoms with Gasteiger partial charge in [-0.05, 0) is 19.9 Å². The highest BCUT2D eigenvalue weighted by molar-refractivity contribution is 7.91. The van der Waals surface area contributed by atoms with Crippen LogP contribution in [-0.4, -0.2) is 45.6 Å². The van der Waals surface area contributed by atoms with Crippen molar-refractivity contribution in [2.24, 2.45) is 0 Å². The topological polar surface area (TPSA) is 72.5 Å². The molecule has 0 heterocycles. The lowest BCUT2D eigenvalue weighted by Gasteiger charge is -2.12. The molecule has 0 saturated heterocycles. The van der Waals surface area contributed by atoms with E-state index < -0.39 is 9.84 Å². The zero-order chi connectivity index (χ0) is 12.6. The van der Waals surface area contributed by atoms with Crippen molar-refractivity contribution in [3.8, 4) is 0 Å². The molecular formula is C10H21NO4S. The normalized spacial score (nSPS) is 13.4. The average Bonchev–Trinajstić information content (AvgIpc) is 2.23. The van der Waals surface area contributed by atoms with E-state index in [4.69, 9.17) is 0 Å². The highest BCUT2D eigenvalue weighted by Gasteiger charge is 2.12. The Labute approximate surface area is 97.5 Å². The highest BCUT2D eigenvalue weighted by Crippen LogP contribution is 1.96. The minimum atomic E-state index is -2.93. The largest absolute Gasteiger partial charge is 0.469 e. The average molecular weight is 251 g/mol. The summed E-state index contributed by atoms with van der Waals surface area (Å²) in [7, 11) is -1.58. The van der Waals surface area contributed by atoms with Crippen molar-refractivity contribution in [3.63, 3.8) is 0 Å². The van der Waals surface area contributed by atoms with Gasteiger partial charge in [0.1, 0.15) is 0 Å². The first kappa shape index (κ1) is 15.4. The van der Waals surface area contributed by atoms with Crippen LogP contribution in [0, 0.1) is 0 Å². The molecule has 1 N–H and O–H groups in total. The summed E-state index contributed by atoms with van der Waals surface area (Å²) in [5.41, 5.74) is 0. The van der Waals surface area contributed by atoms with Crippen molar-refractivity contribution in [1.82, 2.24) is 5.32 Å². The number of hydrogen-bond acceptors (Lipinski definition) is 5. The Morgan fingerprint density at radius 1 is 1.44 bits per heavy atom. The minimum Gasteiger partial charge on any atom is -0.469 e. The standard InChI is InChI=1S/C10H21NO4S/c1-4-16(13,14)8-9(2)11-7-5-6-10(12)15-3/h9,11H,4-8H2,1-3H3. The van der Waals surface area contributed by atoms with Gasteiger partial charge in [0.2, 0.25) is 0 Å². The molecule has 0 saturated carbocycles. The van der Waals surface area contributed by atoms with E-state index in [9.17, 15) is 13.2 Å². The van der Waals surface area contributed by atoms with Crippen molar-refractivity contribution >= 4 is 15.8 Å². The van der Waals surface area contributed by atoms with Gasteiger partial charge in [-0.15, -0.1) is 0 Å². The number of methoxy groups -OCH3 is 1. The molecule has 96 valence electrons. The van der Waals surface area contributed by atoms with E-state index in [-0.39, 0.29) is 23.5 Å². The Bertz CT molecular complexity index is 300. The lowest BCUT2D eigenvalue weighted by atomic mass is 10.3. The Kier molecular flexibility index (Phi) is 7.33. The summed E-state index contributed by atoms with van der Waals surface area (Å²) < 4.78 is 27.1. The zero-order valence-corrected chi connectivity index (χ0v) is 11.0. The van der Waals surface area contributed by atoms with Crippen LogP contribution in [0.3, 0.4) is 0 Å². The van der Waals surface area contributed by atoms with Gasteiger partial charge in [-0.2, -0.15) is 0 Å². The van der Waals surface area contributed by atoms with E-state index in [1.807, 2.05) is 6.92 Å². The quantitative estimate of drug-likeness (QED) is 0.498. The first-order valence-corrected chi connectivity index (χ1v) is 7.24. The number of carbonyl (C=O) groups excluding carboxylic acids is 1. The van der Waals surface area contributed by atoms with Crippen LogP contribution in [-0.2, 0) is 19.4 Å². The molecule has 0 aliphatic heterocycles. The van der Waals surface area contributed by atoms with Gasteiger partial charge in [-0.3, -0.25) is 4.79 Å². The highest BCUT2D eigenvalue weighted by atomic mass is 32.2. The maximum absolute atomic E-state index is 11.3. The fourth-order valence-corrected chi connectivity index (χ4v) is 2.36. The predicted molar refractivity (Wildman–Crippen MR) is 63.0 cm³/mol. The third-order valence-electron chi connectivity index (χ3n) is 2.22. The summed E-state index contributed by atoms with van der Waals surface area (Å²) in [6.07, 6.45) is 1.01. The molecule has 0 aromatic rings. The van der Waals surface area contributed by atoms with Crippen LogP contribution in [0.25, 0.3) is 0 Å². The molecule has 16 heavy (non-hydrogen) atoms. The third kappa shape index (κ3) is 7.64. The van der Waals surface area contributed by atoms with Crippen molar-refractivity contribution < 1.29 is 17.9 Å². The first-order valence-electron chi connectivity index (χ1n) is 5.42. The third-order valence-corrected chi connectivity index (χ3v) is 4.11. The SMILES string of the molecule is CCS(=O)(=O)CC(C)NCCCC(=O)OC. The minimum absolute atomic E-state index is 0.0809. The molecule has 0 aliphatic rings. The lowest BCUT2D eigenvalue weighted by molar-refractivity contribution is -0.140. The molecule has 0 fully saturated rings. The molecule has 0 amide bonds. The summed E-state index contributed by atoms with van der Waals surface area (Å²) >= 11 is 0. The van der Waals surface area contributed by atoms with Crippen LogP contribution in [0.15, 0.2) is 0 Å². The first-order chi connectivity index (χ1) is 7.41. The summed E-state index contributed by atoms with van der Waals surface area (Å²) in [6, 6.07) is -0.0809. The Hall–Kier alpha value is -0.620. The van der Waals surface area contributed by atoms with E-state index in [1.165, 1.54) is 7.11 Å². The Balaban J connectivity index is 3.67. The van der Waals surface area contributed by atoms with Crippen molar-refractivity contribution in [2.45, 2.75) is 32.7 Å². The second-order valence-corrected chi connectivity index (χ2v) is 6.13. The molecule has 0 aromatic heterocycles. The van der Waals surface area contributed by atoms with Gasteiger partial charge < -0.3 is 10.1 Å². The maximum atomic E-state index is 11.3. The second kappa shape index (κ2) is 7.62. The molecular weight excluding hydrogens is 230 g/mol. The predicted octanol–water partition coefficient (Wildman–Crippen LogP) is 0.352. The van der Waals surface area contributed by atoms with Crippen LogP contribution >= 0.6 is 0 Å². The van der Waals surface area contributed by atoms with E-state index in [1.54, 1.807) is 6.92 Å². The fraction of sp³-hybridized carbons (Fsp3) is 0.900. The monoisotopic (exact) mass is 251 g/mol. The molecule has 1 atom stereocenters. The molecule has 0 spiro atoms. The fourth-order valence-electron chi connectivity index (χ4n) is 1.24. The van der Waals surface area contributed by atoms with Crippen LogP contribution < -0.4 is 5.32 Å². The number of nitrogens with one attached hydrogen (secondary N) is 1. The number of esters is 1. The van der Waals surface area contributed by atoms with Crippen molar-refractivity contribution in [3.05, 3.63) is 0 Å². The van der Waals surface area contributed by atoms with Gasteiger partial charge in [0.05, 0.1) is 12.9 Å². The smallest absolute Gasteiger partial charge is 0.305 e. The van der Waals surface area contributed by atoms with E-state index in [0.29, 0.717) is 19.4 Å². The van der Waals surface area contributed by atoms with Gasteiger partial charge in [-0.1, -0.05) is 6.92 Å². The molecule has 1 unspecified atom stereocenters. The number of rotatable bonds is 8. The Morgan fingerprint density at radius 3 is 2.56 bits per heavy atom. The molecule has 0 radical (unpaired) electrons. The molecule has 0 aliphatic carbocycles. The van der Waals surface area contributed by atoms with E-state index >= 15 is 0 Å². The molecule has 0 aromatic carbocycles. The summed E-state index contributed by atoms with van der Waals surface area (Å²) in [5, 5.41) is 3.07. The molecule has 5 nitrogen and oxygen atoms in total. The van der Waals surface area contributed by atoms with E-state index in [0.717, 1.165) is 0 Å². The van der Waals surface area contributed by atoms with Gasteiger partial charge >= 0.3 is 5.97 Å². The summed E-state index contributed by atoms with van der Waals surface area (Å²) in [4.78, 5) is 10.8. The zero-order valence-electron chi connectivity index (χ0n) is 10.2. The van der Waals surface area contributed by atoms with Gasteiger partial charge in [0.25, 0.3) is 0 Å². The van der Waals surface area contributed by atoms with Gasteiger partial charge in [-0.25, -0.2) is 8.42 Å². The molecule has 6 heteroatoms. The van der Waals surface area contributed by atoms with Crippen LogP contribution in [0.2, 0.25) is 0 Å². The maximum Gasteiger partial charge on any atom is 0.305 e. The number of carbonyl (C=O) groups is 1. The summed E-state index contributed by atoms with van der Waals surface area (Å²) in [5.74, 6) is 0.0683. The van der Waals surface area contributed by atoms with Crippen molar-refractivity contribution in [1.29, 1.82) is 0 Å². The second-order valence-electron chi connectivity index (χ2n) is 3.73. The van der Waals surface area contributed by atoms with E-state index in [2.05, 4.69) is 10.1 Å². The van der Waals surface area contributed by atoms with Crippen LogP contribution in [0.4, 0.5) is 0 Å². The molecule has 0 rings (SSSR count). The van der Waals surface area contributed by atoms with Crippen LogP contribution in [0.1, 0.15) is 26.7 Å². The number of hydrogen-bond donors (Lipinski definition) is 1. The Morgan fingerprint density at radius 2 is 2.06 bits per heavy atom. The van der Waals surface area contributed by atoms with Gasteiger partial charge in [0.15, 0.2) is 9.84 Å².